The van der Waals surface area contributed by atoms with E-state index in [0.29, 0.717) is 17.6 Å². The molecule has 0 saturated heterocycles. The van der Waals surface area contributed by atoms with Gasteiger partial charge in [-0.15, -0.1) is 0 Å². The van der Waals surface area contributed by atoms with Crippen LogP contribution in [0.3, 0.4) is 0 Å². The molecule has 3 N–H and O–H groups in total. The summed E-state index contributed by atoms with van der Waals surface area (Å²) in [4.78, 5) is 15.9. The van der Waals surface area contributed by atoms with Crippen molar-refractivity contribution in [1.29, 1.82) is 0 Å². The molecular formula is C11H18N6. The molecular weight excluding hydrogens is 216 g/mol. The Morgan fingerprint density at radius 3 is 2.94 bits per heavy atom. The SMILES string of the molecule is CCCC(C)Nc1nc(NC)nc2nc[nH]c12. The number of nitrogens with zero attached hydrogens (tertiary/aromatic N) is 3. The molecule has 2 aromatic rings. The van der Waals surface area contributed by atoms with Gasteiger partial charge in [-0.05, 0) is 13.3 Å². The highest BCUT2D eigenvalue weighted by atomic mass is 15.2. The van der Waals surface area contributed by atoms with Gasteiger partial charge >= 0.3 is 0 Å². The van der Waals surface area contributed by atoms with Gasteiger partial charge in [-0.1, -0.05) is 13.3 Å². The normalized spacial score (nSPS) is 12.6. The summed E-state index contributed by atoms with van der Waals surface area (Å²) in [6.07, 6.45) is 3.88. The van der Waals surface area contributed by atoms with Gasteiger partial charge in [-0.2, -0.15) is 9.97 Å². The molecule has 0 aliphatic rings. The zero-order valence-corrected chi connectivity index (χ0v) is 10.4. The molecule has 1 unspecified atom stereocenters. The van der Waals surface area contributed by atoms with Crippen LogP contribution in [0, 0.1) is 0 Å². The third kappa shape index (κ3) is 2.46. The number of rotatable bonds is 5. The van der Waals surface area contributed by atoms with Crippen LogP contribution < -0.4 is 10.6 Å². The van der Waals surface area contributed by atoms with Gasteiger partial charge in [0, 0.05) is 13.1 Å². The van der Waals surface area contributed by atoms with Gasteiger partial charge in [0.1, 0.15) is 5.52 Å². The molecule has 6 nitrogen and oxygen atoms in total. The number of hydrogen-bond donors (Lipinski definition) is 3. The highest BCUT2D eigenvalue weighted by molar-refractivity contribution is 5.83. The summed E-state index contributed by atoms with van der Waals surface area (Å²) < 4.78 is 0. The molecule has 0 aliphatic carbocycles. The van der Waals surface area contributed by atoms with Crippen LogP contribution in [0.25, 0.3) is 11.2 Å². The van der Waals surface area contributed by atoms with E-state index in [1.807, 2.05) is 0 Å². The van der Waals surface area contributed by atoms with E-state index in [-0.39, 0.29) is 0 Å². The average Bonchev–Trinajstić information content (AvgIpc) is 2.77. The van der Waals surface area contributed by atoms with E-state index in [2.05, 4.69) is 44.4 Å². The molecule has 0 fully saturated rings. The van der Waals surface area contributed by atoms with Crippen LogP contribution in [0.4, 0.5) is 11.8 Å². The smallest absolute Gasteiger partial charge is 0.226 e. The minimum atomic E-state index is 0.381. The first kappa shape index (κ1) is 11.6. The highest BCUT2D eigenvalue weighted by Gasteiger charge is 2.11. The van der Waals surface area contributed by atoms with E-state index < -0.39 is 0 Å². The summed E-state index contributed by atoms with van der Waals surface area (Å²) in [5, 5.41) is 6.32. The summed E-state index contributed by atoms with van der Waals surface area (Å²) in [5.41, 5.74) is 1.53. The molecule has 1 atom stereocenters. The molecule has 0 aliphatic heterocycles. The van der Waals surface area contributed by atoms with Crippen molar-refractivity contribution in [2.75, 3.05) is 17.7 Å². The van der Waals surface area contributed by atoms with Crippen molar-refractivity contribution in [3.8, 4) is 0 Å². The second kappa shape index (κ2) is 4.99. The first-order valence-corrected chi connectivity index (χ1v) is 5.90. The van der Waals surface area contributed by atoms with Crippen molar-refractivity contribution in [3.05, 3.63) is 6.33 Å². The monoisotopic (exact) mass is 234 g/mol. The molecule has 0 spiro atoms. The van der Waals surface area contributed by atoms with Gasteiger partial charge in [0.2, 0.25) is 5.95 Å². The first-order valence-electron chi connectivity index (χ1n) is 5.90. The van der Waals surface area contributed by atoms with Gasteiger partial charge in [0.25, 0.3) is 0 Å². The summed E-state index contributed by atoms with van der Waals surface area (Å²) >= 11 is 0. The molecule has 2 rings (SSSR count). The number of anilines is 2. The lowest BCUT2D eigenvalue weighted by molar-refractivity contribution is 0.688. The van der Waals surface area contributed by atoms with Crippen molar-refractivity contribution >= 4 is 22.9 Å². The van der Waals surface area contributed by atoms with E-state index in [0.717, 1.165) is 24.2 Å². The summed E-state index contributed by atoms with van der Waals surface area (Å²) in [7, 11) is 1.80. The largest absolute Gasteiger partial charge is 0.366 e. The lowest BCUT2D eigenvalue weighted by atomic mass is 10.2. The van der Waals surface area contributed by atoms with Gasteiger partial charge < -0.3 is 15.6 Å². The maximum Gasteiger partial charge on any atom is 0.226 e. The number of imidazole rings is 1. The molecule has 0 amide bonds. The molecule has 2 heterocycles. The van der Waals surface area contributed by atoms with Crippen LogP contribution in [0.1, 0.15) is 26.7 Å². The molecule has 0 saturated carbocycles. The lowest BCUT2D eigenvalue weighted by Gasteiger charge is -2.14. The zero-order chi connectivity index (χ0) is 12.3. The van der Waals surface area contributed by atoms with Gasteiger partial charge in [0.15, 0.2) is 11.5 Å². The third-order valence-electron chi connectivity index (χ3n) is 2.61. The predicted octanol–water partition coefficient (Wildman–Crippen LogP) is 2.00. The number of H-pyrrole nitrogens is 1. The Hall–Kier alpha value is -1.85. The molecule has 6 heteroatoms. The maximum atomic E-state index is 4.41. The zero-order valence-electron chi connectivity index (χ0n) is 10.4. The minimum absolute atomic E-state index is 0.381. The van der Waals surface area contributed by atoms with Crippen molar-refractivity contribution in [2.24, 2.45) is 0 Å². The van der Waals surface area contributed by atoms with E-state index in [1.165, 1.54) is 0 Å². The fourth-order valence-corrected chi connectivity index (χ4v) is 1.79. The molecule has 17 heavy (non-hydrogen) atoms. The predicted molar refractivity (Wildman–Crippen MR) is 69.2 cm³/mol. The second-order valence-corrected chi connectivity index (χ2v) is 4.08. The topological polar surface area (TPSA) is 78.5 Å². The Balaban J connectivity index is 2.33. The fraction of sp³-hybridized carbons (Fsp3) is 0.545. The van der Waals surface area contributed by atoms with Crippen LogP contribution in [-0.2, 0) is 0 Å². The number of aromatic nitrogens is 4. The van der Waals surface area contributed by atoms with E-state index in [9.17, 15) is 0 Å². The number of hydrogen-bond acceptors (Lipinski definition) is 5. The molecule has 2 aromatic heterocycles. The Morgan fingerprint density at radius 2 is 2.24 bits per heavy atom. The lowest BCUT2D eigenvalue weighted by Crippen LogP contribution is -2.16. The maximum absolute atomic E-state index is 4.41. The van der Waals surface area contributed by atoms with Crippen LogP contribution >= 0.6 is 0 Å². The van der Waals surface area contributed by atoms with Crippen molar-refractivity contribution in [2.45, 2.75) is 32.7 Å². The number of aromatic amines is 1. The Morgan fingerprint density at radius 1 is 1.41 bits per heavy atom. The van der Waals surface area contributed by atoms with Crippen LogP contribution in [0.5, 0.6) is 0 Å². The van der Waals surface area contributed by atoms with Crippen molar-refractivity contribution < 1.29 is 0 Å². The van der Waals surface area contributed by atoms with Gasteiger partial charge in [0.05, 0.1) is 6.33 Å². The first-order chi connectivity index (χ1) is 8.24. The van der Waals surface area contributed by atoms with Gasteiger partial charge in [-0.3, -0.25) is 0 Å². The van der Waals surface area contributed by atoms with Crippen molar-refractivity contribution in [3.63, 3.8) is 0 Å². The Bertz CT molecular complexity index is 492. The quantitative estimate of drug-likeness (QED) is 0.737. The summed E-state index contributed by atoms with van der Waals surface area (Å²) in [6, 6.07) is 0.381. The number of nitrogens with one attached hydrogen (secondary N) is 3. The van der Waals surface area contributed by atoms with E-state index >= 15 is 0 Å². The Kier molecular flexibility index (Phi) is 3.41. The molecule has 0 radical (unpaired) electrons. The average molecular weight is 234 g/mol. The number of fused-ring (bicyclic) bond motifs is 1. The van der Waals surface area contributed by atoms with E-state index in [4.69, 9.17) is 0 Å². The molecule has 0 aromatic carbocycles. The molecule has 0 bridgehead atoms. The van der Waals surface area contributed by atoms with Crippen LogP contribution in [-0.4, -0.2) is 33.0 Å². The third-order valence-corrected chi connectivity index (χ3v) is 2.61. The second-order valence-electron chi connectivity index (χ2n) is 4.08. The van der Waals surface area contributed by atoms with Crippen LogP contribution in [0.15, 0.2) is 6.33 Å². The fourth-order valence-electron chi connectivity index (χ4n) is 1.79. The van der Waals surface area contributed by atoms with E-state index in [1.54, 1.807) is 13.4 Å². The van der Waals surface area contributed by atoms with Crippen molar-refractivity contribution in [1.82, 2.24) is 19.9 Å². The van der Waals surface area contributed by atoms with Crippen LogP contribution in [0.2, 0.25) is 0 Å². The summed E-state index contributed by atoms with van der Waals surface area (Å²) in [5.74, 6) is 1.38. The standard InChI is InChI=1S/C11H18N6/c1-4-5-7(2)15-10-8-9(14-6-13-8)16-11(12-3)17-10/h6-7H,4-5H2,1-3H3,(H3,12,13,14,15,16,17). The summed E-state index contributed by atoms with van der Waals surface area (Å²) in [6.45, 7) is 4.32. The highest BCUT2D eigenvalue weighted by Crippen LogP contribution is 2.19. The Labute approximate surface area is 100 Å². The van der Waals surface area contributed by atoms with Gasteiger partial charge in [-0.25, -0.2) is 4.98 Å². The minimum Gasteiger partial charge on any atom is -0.366 e. The molecule has 92 valence electrons.